The molecule has 0 saturated carbocycles. The van der Waals surface area contributed by atoms with Gasteiger partial charge in [-0.25, -0.2) is 0 Å². The molecule has 0 unspecified atom stereocenters. The predicted molar refractivity (Wildman–Crippen MR) is 112 cm³/mol. The van der Waals surface area contributed by atoms with Crippen LogP contribution in [-0.4, -0.2) is 23.5 Å². The quantitative estimate of drug-likeness (QED) is 0.465. The molecule has 0 saturated heterocycles. The molecule has 0 aliphatic carbocycles. The first-order valence-corrected chi connectivity index (χ1v) is 9.25. The van der Waals surface area contributed by atoms with E-state index < -0.39 is 0 Å². The third-order valence-corrected chi connectivity index (χ3v) is 4.43. The van der Waals surface area contributed by atoms with Gasteiger partial charge in [0, 0.05) is 21.4 Å². The van der Waals surface area contributed by atoms with Crippen molar-refractivity contribution in [2.24, 2.45) is 0 Å². The number of amides is 2. The van der Waals surface area contributed by atoms with Crippen LogP contribution >= 0.6 is 34.8 Å². The van der Waals surface area contributed by atoms with Crippen LogP contribution in [0.25, 0.3) is 0 Å². The van der Waals surface area contributed by atoms with Gasteiger partial charge in [-0.1, -0.05) is 19.1 Å². The number of rotatable bonds is 5. The lowest BCUT2D eigenvalue weighted by Crippen LogP contribution is -2.34. The summed E-state index contributed by atoms with van der Waals surface area (Å²) in [5, 5.41) is 8.60. The van der Waals surface area contributed by atoms with Crippen LogP contribution in [0.2, 0.25) is 0 Å². The van der Waals surface area contributed by atoms with E-state index in [1.807, 2.05) is 19.1 Å². The third-order valence-electron chi connectivity index (χ3n) is 3.29. The fourth-order valence-corrected chi connectivity index (χ4v) is 2.87. The highest BCUT2D eigenvalue weighted by Gasteiger charge is 2.11. The normalized spacial score (nSPS) is 10.0. The van der Waals surface area contributed by atoms with Crippen molar-refractivity contribution in [3.63, 3.8) is 0 Å². The molecule has 0 heterocycles. The molecule has 0 aliphatic rings. The van der Waals surface area contributed by atoms with Crippen LogP contribution in [0, 0.1) is 3.57 Å². The van der Waals surface area contributed by atoms with E-state index >= 15 is 0 Å². The molecule has 0 fully saturated rings. The summed E-state index contributed by atoms with van der Waals surface area (Å²) < 4.78 is 0.850. The van der Waals surface area contributed by atoms with Gasteiger partial charge in [-0.2, -0.15) is 0 Å². The van der Waals surface area contributed by atoms with E-state index in [-0.39, 0.29) is 16.9 Å². The minimum absolute atomic E-state index is 0.108. The maximum Gasteiger partial charge on any atom is 0.258 e. The van der Waals surface area contributed by atoms with Gasteiger partial charge in [-0.3, -0.25) is 14.9 Å². The van der Waals surface area contributed by atoms with Gasteiger partial charge in [0.1, 0.15) is 0 Å². The fraction of sp³-hybridized carbons (Fsp3) is 0.167. The maximum absolute atomic E-state index is 12.2. The van der Waals surface area contributed by atoms with Gasteiger partial charge in [0.05, 0.1) is 5.56 Å². The molecule has 5 nitrogen and oxygen atoms in total. The molecule has 130 valence electrons. The zero-order chi connectivity index (χ0) is 18.2. The molecule has 7 heteroatoms. The lowest BCUT2D eigenvalue weighted by atomic mass is 10.2. The molecule has 0 aromatic heterocycles. The van der Waals surface area contributed by atoms with E-state index in [0.717, 1.165) is 9.99 Å². The fourth-order valence-electron chi connectivity index (χ4n) is 2.02. The summed E-state index contributed by atoms with van der Waals surface area (Å²) in [6.45, 7) is 2.65. The molecule has 25 heavy (non-hydrogen) atoms. The number of hydrogen-bond acceptors (Lipinski definition) is 3. The topological polar surface area (TPSA) is 70.2 Å². The standard InChI is InChI=1S/C18H18IN3O2S/c1-2-11-20-16(23)12-7-9-13(10-8-12)21-18(25)22-17(24)14-5-3-4-6-15(14)19/h3-10H,2,11H2,1H3,(H,20,23)(H2,21,22,24,25). The monoisotopic (exact) mass is 467 g/mol. The second-order valence-electron chi connectivity index (χ2n) is 5.22. The Kier molecular flexibility index (Phi) is 7.32. The summed E-state index contributed by atoms with van der Waals surface area (Å²) in [4.78, 5) is 24.1. The van der Waals surface area contributed by atoms with Crippen LogP contribution in [0.15, 0.2) is 48.5 Å². The number of nitrogens with one attached hydrogen (secondary N) is 3. The first-order chi connectivity index (χ1) is 12.0. The van der Waals surface area contributed by atoms with E-state index in [9.17, 15) is 9.59 Å². The van der Waals surface area contributed by atoms with Crippen molar-refractivity contribution in [2.45, 2.75) is 13.3 Å². The van der Waals surface area contributed by atoms with Crippen LogP contribution in [0.1, 0.15) is 34.1 Å². The molecule has 2 aromatic carbocycles. The molecular formula is C18H18IN3O2S. The summed E-state index contributed by atoms with van der Waals surface area (Å²) >= 11 is 7.28. The van der Waals surface area contributed by atoms with E-state index in [2.05, 4.69) is 38.5 Å². The highest BCUT2D eigenvalue weighted by atomic mass is 127. The number of carbonyl (C=O) groups is 2. The highest BCUT2D eigenvalue weighted by Crippen LogP contribution is 2.12. The number of carbonyl (C=O) groups excluding carboxylic acids is 2. The lowest BCUT2D eigenvalue weighted by molar-refractivity contribution is 0.0951. The first-order valence-electron chi connectivity index (χ1n) is 7.76. The van der Waals surface area contributed by atoms with Gasteiger partial charge in [0.25, 0.3) is 11.8 Å². The molecule has 3 N–H and O–H groups in total. The number of benzene rings is 2. The number of thiocarbonyl (C=S) groups is 1. The number of hydrogen-bond donors (Lipinski definition) is 3. The molecule has 0 atom stereocenters. The Labute approximate surface area is 165 Å². The second kappa shape index (κ2) is 9.47. The van der Waals surface area contributed by atoms with Gasteiger partial charge in [-0.05, 0) is 77.6 Å². The lowest BCUT2D eigenvalue weighted by Gasteiger charge is -2.11. The van der Waals surface area contributed by atoms with Crippen LogP contribution in [0.5, 0.6) is 0 Å². The Morgan fingerprint density at radius 2 is 1.72 bits per heavy atom. The zero-order valence-electron chi connectivity index (χ0n) is 13.6. The summed E-state index contributed by atoms with van der Waals surface area (Å²) in [6, 6.07) is 14.2. The molecule has 0 spiro atoms. The van der Waals surface area contributed by atoms with E-state index in [0.29, 0.717) is 23.4 Å². The molecule has 0 radical (unpaired) electrons. The molecular weight excluding hydrogens is 449 g/mol. The largest absolute Gasteiger partial charge is 0.352 e. The minimum atomic E-state index is -0.266. The average molecular weight is 467 g/mol. The van der Waals surface area contributed by atoms with Crippen LogP contribution < -0.4 is 16.0 Å². The summed E-state index contributed by atoms with van der Waals surface area (Å²) in [5.41, 5.74) is 1.84. The van der Waals surface area contributed by atoms with Crippen molar-refractivity contribution >= 4 is 57.4 Å². The van der Waals surface area contributed by atoms with E-state index in [1.165, 1.54) is 0 Å². The maximum atomic E-state index is 12.2. The van der Waals surface area contributed by atoms with E-state index in [1.54, 1.807) is 36.4 Å². The summed E-state index contributed by atoms with van der Waals surface area (Å²) in [5.74, 6) is -0.374. The van der Waals surface area contributed by atoms with Crippen LogP contribution in [0.3, 0.4) is 0 Å². The van der Waals surface area contributed by atoms with Gasteiger partial charge in [0.2, 0.25) is 0 Å². The van der Waals surface area contributed by atoms with Crippen LogP contribution in [0.4, 0.5) is 5.69 Å². The van der Waals surface area contributed by atoms with Gasteiger partial charge < -0.3 is 10.6 Å². The number of halogens is 1. The Morgan fingerprint density at radius 3 is 2.36 bits per heavy atom. The SMILES string of the molecule is CCCNC(=O)c1ccc(NC(=S)NC(=O)c2ccccc2I)cc1. The molecule has 2 amide bonds. The zero-order valence-corrected chi connectivity index (χ0v) is 16.6. The number of anilines is 1. The highest BCUT2D eigenvalue weighted by molar-refractivity contribution is 14.1. The average Bonchev–Trinajstić information content (AvgIpc) is 2.60. The Balaban J connectivity index is 1.93. The predicted octanol–water partition coefficient (Wildman–Crippen LogP) is 3.56. The van der Waals surface area contributed by atoms with Crippen molar-refractivity contribution in [3.8, 4) is 0 Å². The van der Waals surface area contributed by atoms with Gasteiger partial charge in [-0.15, -0.1) is 0 Å². The van der Waals surface area contributed by atoms with Crippen molar-refractivity contribution < 1.29 is 9.59 Å². The summed E-state index contributed by atoms with van der Waals surface area (Å²) in [6.07, 6.45) is 0.889. The van der Waals surface area contributed by atoms with Crippen molar-refractivity contribution in [1.29, 1.82) is 0 Å². The van der Waals surface area contributed by atoms with Crippen molar-refractivity contribution in [2.75, 3.05) is 11.9 Å². The third kappa shape index (κ3) is 5.79. The smallest absolute Gasteiger partial charge is 0.258 e. The van der Waals surface area contributed by atoms with Crippen LogP contribution in [-0.2, 0) is 0 Å². The Hall–Kier alpha value is -2.00. The second-order valence-corrected chi connectivity index (χ2v) is 6.79. The Bertz CT molecular complexity index is 778. The molecule has 2 rings (SSSR count). The minimum Gasteiger partial charge on any atom is -0.352 e. The summed E-state index contributed by atoms with van der Waals surface area (Å²) in [7, 11) is 0. The van der Waals surface area contributed by atoms with Gasteiger partial charge in [0.15, 0.2) is 5.11 Å². The van der Waals surface area contributed by atoms with Crippen molar-refractivity contribution in [1.82, 2.24) is 10.6 Å². The molecule has 2 aromatic rings. The molecule has 0 bridgehead atoms. The Morgan fingerprint density at radius 1 is 1.04 bits per heavy atom. The van der Waals surface area contributed by atoms with Gasteiger partial charge >= 0.3 is 0 Å². The van der Waals surface area contributed by atoms with Crippen molar-refractivity contribution in [3.05, 3.63) is 63.2 Å². The molecule has 0 aliphatic heterocycles. The first kappa shape index (κ1) is 19.3. The van der Waals surface area contributed by atoms with E-state index in [4.69, 9.17) is 12.2 Å².